The largest absolute Gasteiger partial charge is 0.508 e. The van der Waals surface area contributed by atoms with Crippen LogP contribution in [0.4, 0.5) is 0 Å². The van der Waals surface area contributed by atoms with Gasteiger partial charge in [-0.3, -0.25) is 0 Å². The lowest BCUT2D eigenvalue weighted by Crippen LogP contribution is -2.50. The Balaban J connectivity index is 1.79. The van der Waals surface area contributed by atoms with Gasteiger partial charge in [-0.1, -0.05) is 42.3 Å². The molecule has 0 heterocycles. The van der Waals surface area contributed by atoms with Crippen LogP contribution >= 0.6 is 11.6 Å². The first-order valence-electron chi connectivity index (χ1n) is 9.26. The predicted molar refractivity (Wildman–Crippen MR) is 104 cm³/mol. The van der Waals surface area contributed by atoms with Crippen LogP contribution in [0.5, 0.6) is 5.75 Å². The molecule has 0 amide bonds. The molecule has 3 atom stereocenters. The maximum atomic E-state index is 10.9. The molecule has 26 heavy (non-hydrogen) atoms. The Morgan fingerprint density at radius 2 is 1.92 bits per heavy atom. The van der Waals surface area contributed by atoms with Crippen LogP contribution in [0.2, 0.25) is 0 Å². The summed E-state index contributed by atoms with van der Waals surface area (Å²) in [5.74, 6) is 3.51. The molecular formula is C23H23ClO2. The van der Waals surface area contributed by atoms with Gasteiger partial charge >= 0.3 is 0 Å². The van der Waals surface area contributed by atoms with Crippen LogP contribution in [-0.4, -0.2) is 15.8 Å². The quantitative estimate of drug-likeness (QED) is 0.765. The number of aliphatic hydroxyl groups is 1. The Labute approximate surface area is 159 Å². The average molecular weight is 367 g/mol. The summed E-state index contributed by atoms with van der Waals surface area (Å²) in [7, 11) is 0. The highest BCUT2D eigenvalue weighted by atomic mass is 35.5. The number of aryl methyl sites for hydroxylation is 1. The van der Waals surface area contributed by atoms with E-state index in [1.807, 2.05) is 12.1 Å². The normalized spacial score (nSPS) is 29.8. The SMILES string of the molecule is Oc1ccc2c(c1)CC[C@H]1C[C@@](O)(C#CCl)CC[C@]21Cc1ccccc1. The lowest BCUT2D eigenvalue weighted by atomic mass is 9.53. The molecule has 1 saturated carbocycles. The van der Waals surface area contributed by atoms with Crippen molar-refractivity contribution in [2.75, 3.05) is 0 Å². The van der Waals surface area contributed by atoms with Crippen molar-refractivity contribution in [1.82, 2.24) is 0 Å². The van der Waals surface area contributed by atoms with Gasteiger partial charge in [0.1, 0.15) is 11.4 Å². The van der Waals surface area contributed by atoms with Gasteiger partial charge in [0.2, 0.25) is 0 Å². The van der Waals surface area contributed by atoms with E-state index in [2.05, 4.69) is 41.6 Å². The Bertz CT molecular complexity index is 867. The first-order chi connectivity index (χ1) is 12.5. The van der Waals surface area contributed by atoms with E-state index in [1.165, 1.54) is 16.7 Å². The Hall–Kier alpha value is -1.95. The molecule has 0 aromatic heterocycles. The molecule has 0 radical (unpaired) electrons. The number of rotatable bonds is 2. The van der Waals surface area contributed by atoms with Gasteiger partial charge in [-0.15, -0.1) is 0 Å². The summed E-state index contributed by atoms with van der Waals surface area (Å²) in [6.07, 6.45) is 5.01. The third-order valence-electron chi connectivity index (χ3n) is 6.38. The molecule has 0 unspecified atom stereocenters. The summed E-state index contributed by atoms with van der Waals surface area (Å²) in [5.41, 5.74) is 2.87. The second-order valence-electron chi connectivity index (χ2n) is 7.85. The number of phenolic OH excluding ortho intramolecular Hbond substituents is 1. The van der Waals surface area contributed by atoms with Crippen molar-refractivity contribution in [3.8, 4) is 17.0 Å². The molecular weight excluding hydrogens is 344 g/mol. The van der Waals surface area contributed by atoms with E-state index in [-0.39, 0.29) is 5.41 Å². The van der Waals surface area contributed by atoms with E-state index < -0.39 is 5.60 Å². The minimum atomic E-state index is -0.985. The van der Waals surface area contributed by atoms with Crippen LogP contribution in [0.15, 0.2) is 48.5 Å². The molecule has 1 fully saturated rings. The zero-order valence-corrected chi connectivity index (χ0v) is 15.5. The van der Waals surface area contributed by atoms with E-state index in [9.17, 15) is 10.2 Å². The summed E-state index contributed by atoms with van der Waals surface area (Å²) in [5, 5.41) is 23.2. The van der Waals surface area contributed by atoms with Gasteiger partial charge in [-0.2, -0.15) is 0 Å². The van der Waals surface area contributed by atoms with Gasteiger partial charge in [0, 0.05) is 10.8 Å². The Morgan fingerprint density at radius 1 is 1.12 bits per heavy atom. The van der Waals surface area contributed by atoms with Crippen LogP contribution < -0.4 is 0 Å². The van der Waals surface area contributed by atoms with Crippen molar-refractivity contribution in [2.24, 2.45) is 5.92 Å². The highest BCUT2D eigenvalue weighted by molar-refractivity contribution is 6.30. The highest BCUT2D eigenvalue weighted by Gasteiger charge is 2.51. The number of aromatic hydroxyl groups is 1. The molecule has 134 valence electrons. The van der Waals surface area contributed by atoms with Gasteiger partial charge in [-0.25, -0.2) is 0 Å². The molecule has 2 nitrogen and oxygen atoms in total. The predicted octanol–water partition coefficient (Wildman–Crippen LogP) is 4.55. The second-order valence-corrected chi connectivity index (χ2v) is 8.04. The van der Waals surface area contributed by atoms with Crippen LogP contribution in [0.3, 0.4) is 0 Å². The molecule has 0 spiro atoms. The molecule has 0 saturated heterocycles. The van der Waals surface area contributed by atoms with Crippen molar-refractivity contribution >= 4 is 11.6 Å². The molecule has 2 aliphatic carbocycles. The molecule has 3 heteroatoms. The molecule has 2 aliphatic rings. The van der Waals surface area contributed by atoms with Gasteiger partial charge in [0.15, 0.2) is 0 Å². The number of fused-ring (bicyclic) bond motifs is 3. The monoisotopic (exact) mass is 366 g/mol. The van der Waals surface area contributed by atoms with Crippen LogP contribution in [-0.2, 0) is 18.3 Å². The fraction of sp³-hybridized carbons (Fsp3) is 0.391. The van der Waals surface area contributed by atoms with Crippen molar-refractivity contribution in [2.45, 2.75) is 49.5 Å². The molecule has 2 N–H and O–H groups in total. The van der Waals surface area contributed by atoms with Gasteiger partial charge < -0.3 is 10.2 Å². The van der Waals surface area contributed by atoms with Crippen LogP contribution in [0, 0.1) is 17.2 Å². The Morgan fingerprint density at radius 3 is 2.69 bits per heavy atom. The first kappa shape index (κ1) is 17.5. The number of halogens is 1. The third kappa shape index (κ3) is 3.00. The molecule has 4 rings (SSSR count). The van der Waals surface area contributed by atoms with E-state index in [4.69, 9.17) is 11.6 Å². The summed E-state index contributed by atoms with van der Waals surface area (Å²) in [6.45, 7) is 0. The van der Waals surface area contributed by atoms with Gasteiger partial charge in [0.25, 0.3) is 0 Å². The maximum absolute atomic E-state index is 10.9. The summed E-state index contributed by atoms with van der Waals surface area (Å²) >= 11 is 5.61. The van der Waals surface area contributed by atoms with E-state index in [0.29, 0.717) is 24.5 Å². The zero-order valence-electron chi connectivity index (χ0n) is 14.7. The van der Waals surface area contributed by atoms with E-state index in [1.54, 1.807) is 6.07 Å². The standard InChI is InChI=1S/C23H23ClO2/c24-13-12-22(26)10-11-23(15-17-4-2-1-3-5-17)19(16-22)7-6-18-14-20(25)8-9-21(18)23/h1-5,8-9,14,19,25-26H,6-7,10-11,15-16H2/t19-,22-,23+/m0/s1. The van der Waals surface area contributed by atoms with E-state index >= 15 is 0 Å². The smallest absolute Gasteiger partial charge is 0.127 e. The summed E-state index contributed by atoms with van der Waals surface area (Å²) in [4.78, 5) is 0. The minimum Gasteiger partial charge on any atom is -0.508 e. The number of benzene rings is 2. The van der Waals surface area contributed by atoms with Crippen molar-refractivity contribution in [3.05, 3.63) is 65.2 Å². The van der Waals surface area contributed by atoms with Crippen molar-refractivity contribution in [1.29, 1.82) is 0 Å². The highest BCUT2D eigenvalue weighted by Crippen LogP contribution is 2.54. The molecule has 0 aliphatic heterocycles. The fourth-order valence-corrected chi connectivity index (χ4v) is 5.34. The Kier molecular flexibility index (Phi) is 4.47. The van der Waals surface area contributed by atoms with Gasteiger partial charge in [-0.05, 0) is 84.9 Å². The zero-order chi connectivity index (χ0) is 18.2. The topological polar surface area (TPSA) is 40.5 Å². The number of hydrogen-bond donors (Lipinski definition) is 2. The average Bonchev–Trinajstić information content (AvgIpc) is 2.63. The second kappa shape index (κ2) is 6.65. The summed E-state index contributed by atoms with van der Waals surface area (Å²) < 4.78 is 0. The number of hydrogen-bond acceptors (Lipinski definition) is 2. The lowest BCUT2D eigenvalue weighted by Gasteiger charge is -2.52. The first-order valence-corrected chi connectivity index (χ1v) is 9.64. The fourth-order valence-electron chi connectivity index (χ4n) is 5.16. The molecule has 0 bridgehead atoms. The minimum absolute atomic E-state index is 0.0249. The van der Waals surface area contributed by atoms with E-state index in [0.717, 1.165) is 25.7 Å². The molecule has 2 aromatic carbocycles. The lowest BCUT2D eigenvalue weighted by molar-refractivity contribution is -0.00796. The summed E-state index contributed by atoms with van der Waals surface area (Å²) in [6, 6.07) is 16.4. The van der Waals surface area contributed by atoms with Crippen molar-refractivity contribution in [3.63, 3.8) is 0 Å². The van der Waals surface area contributed by atoms with Crippen molar-refractivity contribution < 1.29 is 10.2 Å². The molecule has 2 aromatic rings. The maximum Gasteiger partial charge on any atom is 0.127 e. The number of phenols is 1. The van der Waals surface area contributed by atoms with Crippen LogP contribution in [0.1, 0.15) is 42.4 Å². The van der Waals surface area contributed by atoms with Crippen LogP contribution in [0.25, 0.3) is 0 Å². The van der Waals surface area contributed by atoms with Gasteiger partial charge in [0.05, 0.1) is 0 Å². The third-order valence-corrected chi connectivity index (χ3v) is 6.47.